The van der Waals surface area contributed by atoms with Gasteiger partial charge < -0.3 is 14.9 Å². The van der Waals surface area contributed by atoms with Crippen LogP contribution in [0.25, 0.3) is 0 Å². The second kappa shape index (κ2) is 6.04. The Balaban J connectivity index is 2.72. The Morgan fingerprint density at radius 3 is 2.44 bits per heavy atom. The second-order valence-electron chi connectivity index (χ2n) is 4.66. The zero-order valence-electron chi connectivity index (χ0n) is 10.2. The molecule has 0 heterocycles. The third-order valence-corrected chi connectivity index (χ3v) is 2.45. The SMILES string of the molecule is CC(C)CN(C)Cc1ccccc1B(O)O. The number of hydrogen-bond donors (Lipinski definition) is 2. The molecule has 2 N–H and O–H groups in total. The average Bonchev–Trinajstić information content (AvgIpc) is 2.16. The number of benzene rings is 1. The van der Waals surface area contributed by atoms with Crippen molar-refractivity contribution in [3.8, 4) is 0 Å². The molecule has 0 aliphatic rings. The molecule has 0 saturated heterocycles. The van der Waals surface area contributed by atoms with Gasteiger partial charge in [-0.05, 0) is 24.0 Å². The molecule has 0 aliphatic heterocycles. The van der Waals surface area contributed by atoms with Gasteiger partial charge in [0.25, 0.3) is 0 Å². The number of rotatable bonds is 5. The van der Waals surface area contributed by atoms with Crippen LogP contribution in [0.15, 0.2) is 24.3 Å². The van der Waals surface area contributed by atoms with Crippen molar-refractivity contribution in [2.45, 2.75) is 20.4 Å². The average molecular weight is 221 g/mol. The van der Waals surface area contributed by atoms with Crippen molar-refractivity contribution in [2.75, 3.05) is 13.6 Å². The van der Waals surface area contributed by atoms with Gasteiger partial charge in [0.1, 0.15) is 0 Å². The van der Waals surface area contributed by atoms with Gasteiger partial charge in [-0.25, -0.2) is 0 Å². The first-order chi connectivity index (χ1) is 7.50. The fraction of sp³-hybridized carbons (Fsp3) is 0.500. The lowest BCUT2D eigenvalue weighted by Gasteiger charge is -2.20. The molecular formula is C12H20BNO2. The van der Waals surface area contributed by atoms with Crippen LogP contribution < -0.4 is 5.46 Å². The molecule has 3 nitrogen and oxygen atoms in total. The van der Waals surface area contributed by atoms with Crippen molar-refractivity contribution in [3.63, 3.8) is 0 Å². The molecule has 88 valence electrons. The minimum Gasteiger partial charge on any atom is -0.423 e. The monoisotopic (exact) mass is 221 g/mol. The van der Waals surface area contributed by atoms with Gasteiger partial charge in [0, 0.05) is 13.1 Å². The molecule has 0 saturated carbocycles. The Hall–Kier alpha value is -0.835. The highest BCUT2D eigenvalue weighted by molar-refractivity contribution is 6.59. The van der Waals surface area contributed by atoms with Crippen LogP contribution in [0, 0.1) is 5.92 Å². The third kappa shape index (κ3) is 3.97. The summed E-state index contributed by atoms with van der Waals surface area (Å²) >= 11 is 0. The maximum Gasteiger partial charge on any atom is 0.488 e. The van der Waals surface area contributed by atoms with Crippen molar-refractivity contribution in [1.29, 1.82) is 0 Å². The largest absolute Gasteiger partial charge is 0.488 e. The Morgan fingerprint density at radius 2 is 1.88 bits per heavy atom. The fourth-order valence-corrected chi connectivity index (χ4v) is 1.91. The maximum absolute atomic E-state index is 9.24. The van der Waals surface area contributed by atoms with Gasteiger partial charge in [0.15, 0.2) is 0 Å². The molecule has 0 aromatic heterocycles. The minimum atomic E-state index is -1.39. The summed E-state index contributed by atoms with van der Waals surface area (Å²) < 4.78 is 0. The van der Waals surface area contributed by atoms with Gasteiger partial charge in [0.05, 0.1) is 0 Å². The zero-order valence-corrected chi connectivity index (χ0v) is 10.2. The summed E-state index contributed by atoms with van der Waals surface area (Å²) in [6.07, 6.45) is 0. The van der Waals surface area contributed by atoms with E-state index < -0.39 is 7.12 Å². The van der Waals surface area contributed by atoms with Crippen LogP contribution >= 0.6 is 0 Å². The molecule has 0 unspecified atom stereocenters. The molecule has 0 amide bonds. The Bertz CT molecular complexity index is 329. The normalized spacial score (nSPS) is 11.2. The van der Waals surface area contributed by atoms with Gasteiger partial charge in [-0.15, -0.1) is 0 Å². The smallest absolute Gasteiger partial charge is 0.423 e. The van der Waals surface area contributed by atoms with Crippen molar-refractivity contribution in [2.24, 2.45) is 5.92 Å². The van der Waals surface area contributed by atoms with E-state index in [1.807, 2.05) is 25.2 Å². The highest BCUT2D eigenvalue weighted by Crippen LogP contribution is 2.04. The summed E-state index contributed by atoms with van der Waals surface area (Å²) in [5.41, 5.74) is 1.57. The zero-order chi connectivity index (χ0) is 12.1. The number of nitrogens with zero attached hydrogens (tertiary/aromatic N) is 1. The molecule has 1 aromatic carbocycles. The summed E-state index contributed by atoms with van der Waals surface area (Å²) in [6, 6.07) is 7.43. The summed E-state index contributed by atoms with van der Waals surface area (Å²) in [7, 11) is 0.657. The molecule has 0 bridgehead atoms. The molecular weight excluding hydrogens is 201 g/mol. The maximum atomic E-state index is 9.24. The van der Waals surface area contributed by atoms with E-state index >= 15 is 0 Å². The van der Waals surface area contributed by atoms with E-state index in [1.54, 1.807) is 6.07 Å². The van der Waals surface area contributed by atoms with Crippen LogP contribution in [0.5, 0.6) is 0 Å². The first-order valence-electron chi connectivity index (χ1n) is 5.63. The molecule has 0 radical (unpaired) electrons. The van der Waals surface area contributed by atoms with E-state index in [9.17, 15) is 10.0 Å². The van der Waals surface area contributed by atoms with Gasteiger partial charge >= 0.3 is 7.12 Å². The standard InChI is InChI=1S/C12H20BNO2/c1-10(2)8-14(3)9-11-6-4-5-7-12(11)13(15)16/h4-7,10,15-16H,8-9H2,1-3H3. The number of hydrogen-bond acceptors (Lipinski definition) is 3. The van der Waals surface area contributed by atoms with Gasteiger partial charge in [0.2, 0.25) is 0 Å². The van der Waals surface area contributed by atoms with E-state index in [1.165, 1.54) is 0 Å². The highest BCUT2D eigenvalue weighted by Gasteiger charge is 2.16. The van der Waals surface area contributed by atoms with Crippen molar-refractivity contribution >= 4 is 12.6 Å². The van der Waals surface area contributed by atoms with E-state index in [-0.39, 0.29) is 0 Å². The van der Waals surface area contributed by atoms with Crippen LogP contribution in [0.4, 0.5) is 0 Å². The van der Waals surface area contributed by atoms with Crippen LogP contribution in [0.2, 0.25) is 0 Å². The fourth-order valence-electron chi connectivity index (χ4n) is 1.91. The lowest BCUT2D eigenvalue weighted by Crippen LogP contribution is -2.35. The van der Waals surface area contributed by atoms with Crippen molar-refractivity contribution < 1.29 is 10.0 Å². The summed E-state index contributed by atoms with van der Waals surface area (Å²) in [5, 5.41) is 18.5. The molecule has 1 aromatic rings. The summed E-state index contributed by atoms with van der Waals surface area (Å²) in [6.45, 7) is 6.08. The molecule has 4 heteroatoms. The molecule has 0 aliphatic carbocycles. The van der Waals surface area contributed by atoms with Gasteiger partial charge in [-0.3, -0.25) is 0 Å². The third-order valence-electron chi connectivity index (χ3n) is 2.45. The minimum absolute atomic E-state index is 0.595. The molecule has 0 fully saturated rings. The predicted molar refractivity (Wildman–Crippen MR) is 67.4 cm³/mol. The molecule has 0 atom stereocenters. The lowest BCUT2D eigenvalue weighted by atomic mass is 9.77. The Labute approximate surface area is 97.9 Å². The van der Waals surface area contributed by atoms with Crippen molar-refractivity contribution in [3.05, 3.63) is 29.8 Å². The van der Waals surface area contributed by atoms with E-state index in [0.717, 1.165) is 18.7 Å². The Morgan fingerprint density at radius 1 is 1.25 bits per heavy atom. The van der Waals surface area contributed by atoms with E-state index in [4.69, 9.17) is 0 Å². The van der Waals surface area contributed by atoms with Crippen LogP contribution in [0.3, 0.4) is 0 Å². The van der Waals surface area contributed by atoms with E-state index in [2.05, 4.69) is 18.7 Å². The Kier molecular flexibility index (Phi) is 4.99. The summed E-state index contributed by atoms with van der Waals surface area (Å²) in [5.74, 6) is 0.608. The van der Waals surface area contributed by atoms with Gasteiger partial charge in [-0.1, -0.05) is 38.1 Å². The second-order valence-corrected chi connectivity index (χ2v) is 4.66. The van der Waals surface area contributed by atoms with Crippen LogP contribution in [-0.2, 0) is 6.54 Å². The van der Waals surface area contributed by atoms with E-state index in [0.29, 0.717) is 11.4 Å². The lowest BCUT2D eigenvalue weighted by molar-refractivity contribution is 0.288. The van der Waals surface area contributed by atoms with Gasteiger partial charge in [-0.2, -0.15) is 0 Å². The topological polar surface area (TPSA) is 43.7 Å². The molecule has 1 rings (SSSR count). The molecule has 0 spiro atoms. The highest BCUT2D eigenvalue weighted by atomic mass is 16.4. The first-order valence-corrected chi connectivity index (χ1v) is 5.63. The summed E-state index contributed by atoms with van der Waals surface area (Å²) in [4.78, 5) is 2.19. The first kappa shape index (κ1) is 13.2. The quantitative estimate of drug-likeness (QED) is 0.709. The van der Waals surface area contributed by atoms with Crippen molar-refractivity contribution in [1.82, 2.24) is 4.90 Å². The molecule has 16 heavy (non-hydrogen) atoms. The van der Waals surface area contributed by atoms with Crippen LogP contribution in [-0.4, -0.2) is 35.7 Å². The van der Waals surface area contributed by atoms with Crippen LogP contribution in [0.1, 0.15) is 19.4 Å². The predicted octanol–water partition coefficient (Wildman–Crippen LogP) is 0.454.